The average molecular weight is 274 g/mol. The van der Waals surface area contributed by atoms with Gasteiger partial charge < -0.3 is 10.8 Å². The van der Waals surface area contributed by atoms with Gasteiger partial charge in [0.05, 0.1) is 6.10 Å². The number of nitrogen functional groups attached to an aromatic ring is 1. The highest BCUT2D eigenvalue weighted by atomic mass is 32.2. The highest BCUT2D eigenvalue weighted by molar-refractivity contribution is 7.89. The molecule has 1 saturated carbocycles. The fourth-order valence-electron chi connectivity index (χ4n) is 1.90. The SMILES string of the molecule is Nc1ccc(F)c(S(=O)(=O)NCC2CC(O)C2)c1. The van der Waals surface area contributed by atoms with Crippen LogP contribution in [0.4, 0.5) is 10.1 Å². The lowest BCUT2D eigenvalue weighted by atomic mass is 9.83. The van der Waals surface area contributed by atoms with E-state index in [1.807, 2.05) is 0 Å². The molecule has 18 heavy (non-hydrogen) atoms. The lowest BCUT2D eigenvalue weighted by Crippen LogP contribution is -2.38. The number of anilines is 1. The van der Waals surface area contributed by atoms with E-state index in [-0.39, 0.29) is 24.3 Å². The number of hydrogen-bond donors (Lipinski definition) is 3. The van der Waals surface area contributed by atoms with Gasteiger partial charge in [0.25, 0.3) is 0 Å². The highest BCUT2D eigenvalue weighted by Gasteiger charge is 2.29. The predicted octanol–water partition coefficient (Wildman–Crippen LogP) is 0.457. The van der Waals surface area contributed by atoms with E-state index in [1.54, 1.807) is 0 Å². The Labute approximate surface area is 105 Å². The van der Waals surface area contributed by atoms with Crippen LogP contribution >= 0.6 is 0 Å². The van der Waals surface area contributed by atoms with Crippen molar-refractivity contribution in [3.05, 3.63) is 24.0 Å². The van der Waals surface area contributed by atoms with Crippen LogP contribution in [-0.4, -0.2) is 26.2 Å². The van der Waals surface area contributed by atoms with Crippen LogP contribution in [0.5, 0.6) is 0 Å². The molecule has 7 heteroatoms. The topological polar surface area (TPSA) is 92.4 Å². The number of hydrogen-bond acceptors (Lipinski definition) is 4. The Kier molecular flexibility index (Phi) is 3.56. The molecule has 1 aliphatic rings. The van der Waals surface area contributed by atoms with Crippen LogP contribution in [-0.2, 0) is 10.0 Å². The van der Waals surface area contributed by atoms with Crippen LogP contribution in [0.15, 0.2) is 23.1 Å². The fraction of sp³-hybridized carbons (Fsp3) is 0.455. The quantitative estimate of drug-likeness (QED) is 0.695. The van der Waals surface area contributed by atoms with Crippen molar-refractivity contribution in [1.29, 1.82) is 0 Å². The van der Waals surface area contributed by atoms with Crippen molar-refractivity contribution in [1.82, 2.24) is 4.72 Å². The van der Waals surface area contributed by atoms with Crippen LogP contribution in [0.3, 0.4) is 0 Å². The molecule has 1 aliphatic carbocycles. The number of rotatable bonds is 4. The van der Waals surface area contributed by atoms with E-state index < -0.39 is 20.7 Å². The summed E-state index contributed by atoms with van der Waals surface area (Å²) in [6, 6.07) is 3.42. The number of aliphatic hydroxyl groups excluding tert-OH is 1. The van der Waals surface area contributed by atoms with Crippen LogP contribution < -0.4 is 10.5 Å². The second-order valence-electron chi connectivity index (χ2n) is 4.53. The van der Waals surface area contributed by atoms with Crippen molar-refractivity contribution in [3.63, 3.8) is 0 Å². The van der Waals surface area contributed by atoms with E-state index in [9.17, 15) is 12.8 Å². The smallest absolute Gasteiger partial charge is 0.243 e. The fourth-order valence-corrected chi connectivity index (χ4v) is 3.12. The molecule has 4 N–H and O–H groups in total. The van der Waals surface area contributed by atoms with E-state index in [0.717, 1.165) is 12.1 Å². The standard InChI is InChI=1S/C11H15FN2O3S/c12-10-2-1-8(13)5-11(10)18(16,17)14-6-7-3-9(15)4-7/h1-2,5,7,9,14-15H,3-4,6,13H2. The molecule has 0 heterocycles. The first-order valence-corrected chi connectivity index (χ1v) is 7.09. The van der Waals surface area contributed by atoms with Gasteiger partial charge in [0.15, 0.2) is 0 Å². The normalized spacial score (nSPS) is 23.7. The zero-order valence-electron chi connectivity index (χ0n) is 9.64. The van der Waals surface area contributed by atoms with Gasteiger partial charge in [0.1, 0.15) is 10.7 Å². The van der Waals surface area contributed by atoms with Gasteiger partial charge in [-0.1, -0.05) is 0 Å². The molecule has 0 aromatic heterocycles. The summed E-state index contributed by atoms with van der Waals surface area (Å²) in [6.45, 7) is 0.202. The summed E-state index contributed by atoms with van der Waals surface area (Å²) < 4.78 is 39.5. The van der Waals surface area contributed by atoms with Crippen molar-refractivity contribution in [2.75, 3.05) is 12.3 Å². The first-order chi connectivity index (χ1) is 8.38. The molecular formula is C11H15FN2O3S. The molecule has 0 spiro atoms. The molecule has 0 bridgehead atoms. The van der Waals surface area contributed by atoms with Crippen molar-refractivity contribution in [2.45, 2.75) is 23.8 Å². The molecule has 1 fully saturated rings. The molecule has 2 rings (SSSR count). The van der Waals surface area contributed by atoms with Crippen LogP contribution in [0, 0.1) is 11.7 Å². The second kappa shape index (κ2) is 4.83. The number of halogens is 1. The first kappa shape index (κ1) is 13.3. The van der Waals surface area contributed by atoms with Crippen LogP contribution in [0.25, 0.3) is 0 Å². The Bertz CT molecular complexity index is 541. The Morgan fingerprint density at radius 3 is 2.72 bits per heavy atom. The van der Waals surface area contributed by atoms with E-state index in [2.05, 4.69) is 4.72 Å². The predicted molar refractivity (Wildman–Crippen MR) is 64.7 cm³/mol. The third kappa shape index (κ3) is 2.80. The highest BCUT2D eigenvalue weighted by Crippen LogP contribution is 2.27. The molecule has 0 radical (unpaired) electrons. The zero-order valence-corrected chi connectivity index (χ0v) is 10.5. The summed E-state index contributed by atoms with van der Waals surface area (Å²) >= 11 is 0. The van der Waals surface area contributed by atoms with Gasteiger partial charge in [0.2, 0.25) is 10.0 Å². The average Bonchev–Trinajstić information content (AvgIpc) is 2.26. The van der Waals surface area contributed by atoms with Gasteiger partial charge in [-0.2, -0.15) is 0 Å². The largest absolute Gasteiger partial charge is 0.399 e. The Hall–Kier alpha value is -1.18. The van der Waals surface area contributed by atoms with Gasteiger partial charge in [-0.3, -0.25) is 0 Å². The minimum atomic E-state index is -3.89. The lowest BCUT2D eigenvalue weighted by Gasteiger charge is -2.31. The van der Waals surface area contributed by atoms with E-state index in [1.165, 1.54) is 6.07 Å². The molecule has 0 amide bonds. The number of aliphatic hydroxyl groups is 1. The maximum absolute atomic E-state index is 13.4. The van der Waals surface area contributed by atoms with Gasteiger partial charge in [0, 0.05) is 12.2 Å². The number of sulfonamides is 1. The van der Waals surface area contributed by atoms with E-state index in [0.29, 0.717) is 12.8 Å². The third-order valence-corrected chi connectivity index (χ3v) is 4.46. The summed E-state index contributed by atoms with van der Waals surface area (Å²) in [7, 11) is -3.89. The maximum atomic E-state index is 13.4. The number of nitrogens with one attached hydrogen (secondary N) is 1. The first-order valence-electron chi connectivity index (χ1n) is 5.61. The van der Waals surface area contributed by atoms with Crippen molar-refractivity contribution < 1.29 is 17.9 Å². The van der Waals surface area contributed by atoms with Crippen molar-refractivity contribution >= 4 is 15.7 Å². The monoisotopic (exact) mass is 274 g/mol. The lowest BCUT2D eigenvalue weighted by molar-refractivity contribution is 0.0453. The Balaban J connectivity index is 2.08. The van der Waals surface area contributed by atoms with Gasteiger partial charge in [-0.15, -0.1) is 0 Å². The third-order valence-electron chi connectivity index (χ3n) is 3.02. The molecule has 100 valence electrons. The van der Waals surface area contributed by atoms with Crippen LogP contribution in [0.1, 0.15) is 12.8 Å². The number of benzene rings is 1. The van der Waals surface area contributed by atoms with Gasteiger partial charge in [-0.25, -0.2) is 17.5 Å². The van der Waals surface area contributed by atoms with Crippen molar-refractivity contribution in [3.8, 4) is 0 Å². The molecule has 0 saturated heterocycles. The zero-order chi connectivity index (χ0) is 13.3. The molecule has 1 aromatic carbocycles. The summed E-state index contributed by atoms with van der Waals surface area (Å²) in [4.78, 5) is -0.442. The van der Waals surface area contributed by atoms with E-state index in [4.69, 9.17) is 10.8 Å². The Morgan fingerprint density at radius 2 is 2.11 bits per heavy atom. The van der Waals surface area contributed by atoms with Gasteiger partial charge >= 0.3 is 0 Å². The summed E-state index contributed by atoms with van der Waals surface area (Å²) in [5, 5.41) is 9.09. The summed E-state index contributed by atoms with van der Waals surface area (Å²) in [5.41, 5.74) is 5.63. The Morgan fingerprint density at radius 1 is 1.44 bits per heavy atom. The second-order valence-corrected chi connectivity index (χ2v) is 6.27. The molecule has 5 nitrogen and oxygen atoms in total. The minimum absolute atomic E-state index is 0.110. The maximum Gasteiger partial charge on any atom is 0.243 e. The summed E-state index contributed by atoms with van der Waals surface area (Å²) in [6.07, 6.45) is 0.799. The van der Waals surface area contributed by atoms with Crippen molar-refractivity contribution in [2.24, 2.45) is 5.92 Å². The van der Waals surface area contributed by atoms with Gasteiger partial charge in [-0.05, 0) is 37.0 Å². The van der Waals surface area contributed by atoms with Crippen LogP contribution in [0.2, 0.25) is 0 Å². The molecule has 0 aliphatic heterocycles. The number of nitrogens with two attached hydrogens (primary N) is 1. The minimum Gasteiger partial charge on any atom is -0.399 e. The molecule has 0 unspecified atom stereocenters. The molecule has 0 atom stereocenters. The van der Waals surface area contributed by atoms with E-state index >= 15 is 0 Å². The summed E-state index contributed by atoms with van der Waals surface area (Å²) in [5.74, 6) is -0.718. The molecule has 1 aromatic rings. The molecular weight excluding hydrogens is 259 g/mol.